The zero-order valence-corrected chi connectivity index (χ0v) is 11.1. The number of phenolic OH excluding ortho intramolecular Hbond substituents is 1. The van der Waals surface area contributed by atoms with Gasteiger partial charge in [-0.3, -0.25) is 0 Å². The van der Waals surface area contributed by atoms with E-state index in [4.69, 9.17) is 16.2 Å². The van der Waals surface area contributed by atoms with Crippen LogP contribution in [0.2, 0.25) is 0 Å². The smallest absolute Gasteiger partial charge is 0.125 e. The van der Waals surface area contributed by atoms with E-state index < -0.39 is 0 Å². The molecule has 2 aromatic carbocycles. The van der Waals surface area contributed by atoms with Crippen molar-refractivity contribution in [2.24, 2.45) is 0 Å². The van der Waals surface area contributed by atoms with Crippen molar-refractivity contribution in [1.82, 2.24) is 0 Å². The first-order chi connectivity index (χ1) is 8.97. The maximum atomic E-state index is 9.83. The van der Waals surface area contributed by atoms with Crippen LogP contribution >= 0.6 is 0 Å². The molecule has 0 amide bonds. The molecule has 0 bridgehead atoms. The van der Waals surface area contributed by atoms with Crippen molar-refractivity contribution in [1.29, 1.82) is 0 Å². The maximum Gasteiger partial charge on any atom is 0.125 e. The van der Waals surface area contributed by atoms with Crippen LogP contribution in [0, 0.1) is 6.92 Å². The van der Waals surface area contributed by atoms with Gasteiger partial charge in [-0.25, -0.2) is 0 Å². The van der Waals surface area contributed by atoms with Gasteiger partial charge >= 0.3 is 0 Å². The second kappa shape index (κ2) is 5.10. The molecule has 4 heteroatoms. The molecule has 0 heterocycles. The molecule has 5 N–H and O–H groups in total. The second-order valence-electron chi connectivity index (χ2n) is 4.60. The minimum absolute atomic E-state index is 0.175. The molecule has 0 saturated carbocycles. The SMILES string of the molecule is Cc1cc(OC(C)c2cc(N)ccc2O)ccc1N. The number of ether oxygens (including phenoxy) is 1. The molecule has 0 aliphatic carbocycles. The lowest BCUT2D eigenvalue weighted by Crippen LogP contribution is -2.04. The van der Waals surface area contributed by atoms with E-state index in [-0.39, 0.29) is 11.9 Å². The number of rotatable bonds is 3. The number of aryl methyl sites for hydroxylation is 1. The molecule has 0 radical (unpaired) electrons. The first-order valence-electron chi connectivity index (χ1n) is 6.08. The molecule has 0 aliphatic heterocycles. The van der Waals surface area contributed by atoms with Gasteiger partial charge in [0.15, 0.2) is 0 Å². The zero-order valence-electron chi connectivity index (χ0n) is 11.1. The number of anilines is 2. The Hall–Kier alpha value is -2.36. The average molecular weight is 258 g/mol. The van der Waals surface area contributed by atoms with Crippen molar-refractivity contribution in [2.75, 3.05) is 11.5 Å². The third kappa shape index (κ3) is 2.91. The minimum atomic E-state index is -0.300. The normalized spacial score (nSPS) is 12.1. The van der Waals surface area contributed by atoms with E-state index in [1.165, 1.54) is 0 Å². The van der Waals surface area contributed by atoms with Gasteiger partial charge in [-0.15, -0.1) is 0 Å². The van der Waals surface area contributed by atoms with Crippen molar-refractivity contribution in [2.45, 2.75) is 20.0 Å². The number of nitrogen functional groups attached to an aromatic ring is 2. The quantitative estimate of drug-likeness (QED) is 0.584. The van der Waals surface area contributed by atoms with E-state index >= 15 is 0 Å². The summed E-state index contributed by atoms with van der Waals surface area (Å²) >= 11 is 0. The van der Waals surface area contributed by atoms with Crippen LogP contribution in [-0.2, 0) is 0 Å². The maximum absolute atomic E-state index is 9.83. The molecule has 0 saturated heterocycles. The molecule has 19 heavy (non-hydrogen) atoms. The van der Waals surface area contributed by atoms with E-state index in [9.17, 15) is 5.11 Å². The lowest BCUT2D eigenvalue weighted by atomic mass is 10.1. The minimum Gasteiger partial charge on any atom is -0.508 e. The fourth-order valence-corrected chi connectivity index (χ4v) is 1.89. The summed E-state index contributed by atoms with van der Waals surface area (Å²) in [6, 6.07) is 10.4. The molecule has 0 fully saturated rings. The molecule has 1 unspecified atom stereocenters. The highest BCUT2D eigenvalue weighted by molar-refractivity contribution is 5.50. The Kier molecular flexibility index (Phi) is 3.51. The molecule has 2 rings (SSSR count). The number of aromatic hydroxyl groups is 1. The topological polar surface area (TPSA) is 81.5 Å². The van der Waals surface area contributed by atoms with E-state index in [2.05, 4.69) is 0 Å². The summed E-state index contributed by atoms with van der Waals surface area (Å²) in [7, 11) is 0. The highest BCUT2D eigenvalue weighted by Crippen LogP contribution is 2.30. The van der Waals surface area contributed by atoms with Gasteiger partial charge in [0.25, 0.3) is 0 Å². The van der Waals surface area contributed by atoms with Crippen molar-refractivity contribution >= 4 is 11.4 Å². The van der Waals surface area contributed by atoms with Crippen LogP contribution in [0.5, 0.6) is 11.5 Å². The Labute approximate surface area is 112 Å². The number of hydrogen-bond donors (Lipinski definition) is 3. The van der Waals surface area contributed by atoms with Gasteiger partial charge in [-0.2, -0.15) is 0 Å². The summed E-state index contributed by atoms with van der Waals surface area (Å²) in [6.45, 7) is 3.78. The third-order valence-corrected chi connectivity index (χ3v) is 3.04. The molecule has 0 aromatic heterocycles. The lowest BCUT2D eigenvalue weighted by molar-refractivity contribution is 0.222. The zero-order chi connectivity index (χ0) is 14.0. The molecule has 100 valence electrons. The third-order valence-electron chi connectivity index (χ3n) is 3.04. The van der Waals surface area contributed by atoms with E-state index in [0.717, 1.165) is 11.3 Å². The molecule has 4 nitrogen and oxygen atoms in total. The Bertz CT molecular complexity index is 597. The van der Waals surface area contributed by atoms with Gasteiger partial charge in [0.05, 0.1) is 0 Å². The van der Waals surface area contributed by atoms with Crippen LogP contribution in [0.3, 0.4) is 0 Å². The van der Waals surface area contributed by atoms with E-state index in [0.29, 0.717) is 17.0 Å². The highest BCUT2D eigenvalue weighted by Gasteiger charge is 2.12. The number of benzene rings is 2. The number of phenols is 1. The van der Waals surface area contributed by atoms with Gasteiger partial charge in [-0.05, 0) is 55.8 Å². The summed E-state index contributed by atoms with van der Waals surface area (Å²) < 4.78 is 5.80. The van der Waals surface area contributed by atoms with Gasteiger partial charge in [0.2, 0.25) is 0 Å². The van der Waals surface area contributed by atoms with Crippen molar-refractivity contribution < 1.29 is 9.84 Å². The highest BCUT2D eigenvalue weighted by atomic mass is 16.5. The molecule has 2 aromatic rings. The Morgan fingerprint density at radius 2 is 1.84 bits per heavy atom. The van der Waals surface area contributed by atoms with E-state index in [1.54, 1.807) is 24.3 Å². The Morgan fingerprint density at radius 1 is 1.11 bits per heavy atom. The summed E-state index contributed by atoms with van der Waals surface area (Å²) in [5.74, 6) is 0.884. The molecule has 1 atom stereocenters. The van der Waals surface area contributed by atoms with Gasteiger partial charge in [-0.1, -0.05) is 0 Å². The van der Waals surface area contributed by atoms with Crippen LogP contribution in [0.4, 0.5) is 11.4 Å². The van der Waals surface area contributed by atoms with Crippen LogP contribution in [-0.4, -0.2) is 5.11 Å². The molecule has 0 spiro atoms. The molecule has 0 aliphatic rings. The standard InChI is InChI=1S/C15H18N2O2/c1-9-7-12(4-5-14(9)17)19-10(2)13-8-11(16)3-6-15(13)18/h3-8,10,18H,16-17H2,1-2H3. The van der Waals surface area contributed by atoms with Crippen molar-refractivity contribution in [3.05, 3.63) is 47.5 Å². The predicted octanol–water partition coefficient (Wildman–Crippen LogP) is 3.01. The molecular formula is C15H18N2O2. The number of nitrogens with two attached hydrogens (primary N) is 2. The average Bonchev–Trinajstić information content (AvgIpc) is 2.36. The van der Waals surface area contributed by atoms with Crippen molar-refractivity contribution in [3.63, 3.8) is 0 Å². The predicted molar refractivity (Wildman–Crippen MR) is 77.2 cm³/mol. The van der Waals surface area contributed by atoms with Gasteiger partial charge < -0.3 is 21.3 Å². The van der Waals surface area contributed by atoms with Crippen LogP contribution in [0.25, 0.3) is 0 Å². The first-order valence-corrected chi connectivity index (χ1v) is 6.08. The van der Waals surface area contributed by atoms with Crippen molar-refractivity contribution in [3.8, 4) is 11.5 Å². The van der Waals surface area contributed by atoms with Crippen LogP contribution in [0.15, 0.2) is 36.4 Å². The molecular weight excluding hydrogens is 240 g/mol. The summed E-state index contributed by atoms with van der Waals surface area (Å²) in [5.41, 5.74) is 14.4. The Balaban J connectivity index is 2.22. The summed E-state index contributed by atoms with van der Waals surface area (Å²) in [4.78, 5) is 0. The first kappa shape index (κ1) is 13.1. The van der Waals surface area contributed by atoms with Crippen LogP contribution in [0.1, 0.15) is 24.2 Å². The summed E-state index contributed by atoms with van der Waals surface area (Å²) in [5, 5.41) is 9.83. The largest absolute Gasteiger partial charge is 0.508 e. The number of hydrogen-bond acceptors (Lipinski definition) is 4. The second-order valence-corrected chi connectivity index (χ2v) is 4.60. The fourth-order valence-electron chi connectivity index (χ4n) is 1.89. The van der Waals surface area contributed by atoms with E-state index in [1.807, 2.05) is 26.0 Å². The lowest BCUT2D eigenvalue weighted by Gasteiger charge is -2.17. The van der Waals surface area contributed by atoms with Crippen LogP contribution < -0.4 is 16.2 Å². The van der Waals surface area contributed by atoms with Gasteiger partial charge in [0.1, 0.15) is 17.6 Å². The Morgan fingerprint density at radius 3 is 2.53 bits per heavy atom. The summed E-state index contributed by atoms with van der Waals surface area (Å²) in [6.07, 6.45) is -0.300. The fraction of sp³-hybridized carbons (Fsp3) is 0.200. The monoisotopic (exact) mass is 258 g/mol. The van der Waals surface area contributed by atoms with Gasteiger partial charge in [0, 0.05) is 16.9 Å².